The van der Waals surface area contributed by atoms with E-state index < -0.39 is 0 Å². The Morgan fingerprint density at radius 1 is 1.38 bits per heavy atom. The molecule has 2 unspecified atom stereocenters. The van der Waals surface area contributed by atoms with Crippen molar-refractivity contribution in [1.82, 2.24) is 14.5 Å². The molecule has 24 heavy (non-hydrogen) atoms. The van der Waals surface area contributed by atoms with Gasteiger partial charge in [0, 0.05) is 18.7 Å². The fraction of sp³-hybridized carbons (Fsp3) is 0.500. The molecule has 6 nitrogen and oxygen atoms in total. The van der Waals surface area contributed by atoms with Crippen LogP contribution in [0.3, 0.4) is 0 Å². The molecule has 2 aromatic rings. The summed E-state index contributed by atoms with van der Waals surface area (Å²) in [6, 6.07) is 5.42. The topological polar surface area (TPSA) is 64.4 Å². The lowest BCUT2D eigenvalue weighted by Crippen LogP contribution is -2.50. The Morgan fingerprint density at radius 2 is 2.12 bits per heavy atom. The largest absolute Gasteiger partial charge is 0.375 e. The van der Waals surface area contributed by atoms with Gasteiger partial charge in [-0.2, -0.15) is 0 Å². The van der Waals surface area contributed by atoms with Crippen LogP contribution in [-0.4, -0.2) is 45.7 Å². The van der Waals surface area contributed by atoms with Crippen LogP contribution in [0.25, 0.3) is 11.0 Å². The van der Waals surface area contributed by atoms with Gasteiger partial charge in [-0.15, -0.1) is 0 Å². The van der Waals surface area contributed by atoms with E-state index in [4.69, 9.17) is 4.74 Å². The lowest BCUT2D eigenvalue weighted by atomic mass is 10.1. The quantitative estimate of drug-likeness (QED) is 0.845. The van der Waals surface area contributed by atoms with Gasteiger partial charge in [-0.05, 0) is 45.9 Å². The first-order chi connectivity index (χ1) is 11.4. The molecular formula is C18H23N3O3. The first-order valence-electron chi connectivity index (χ1n) is 8.36. The molecule has 1 amide bonds. The Kier molecular flexibility index (Phi) is 4.41. The Morgan fingerprint density at radius 3 is 2.83 bits per heavy atom. The van der Waals surface area contributed by atoms with Crippen molar-refractivity contribution < 1.29 is 9.53 Å². The summed E-state index contributed by atoms with van der Waals surface area (Å²) in [5.41, 5.74) is 2.39. The lowest BCUT2D eigenvalue weighted by molar-refractivity contribution is -0.0387. The number of carbonyl (C=O) groups excluding carboxylic acids is 1. The summed E-state index contributed by atoms with van der Waals surface area (Å²) in [5.74, 6) is -0.0201. The number of benzene rings is 1. The molecule has 1 aromatic heterocycles. The molecule has 1 fully saturated rings. The van der Waals surface area contributed by atoms with Crippen molar-refractivity contribution in [3.05, 3.63) is 39.8 Å². The molecule has 0 spiro atoms. The van der Waals surface area contributed by atoms with Crippen LogP contribution in [0.4, 0.5) is 0 Å². The van der Waals surface area contributed by atoms with E-state index in [1.807, 2.05) is 31.7 Å². The Hall–Kier alpha value is -2.21. The molecular weight excluding hydrogens is 306 g/mol. The van der Waals surface area contributed by atoms with Crippen molar-refractivity contribution in [3.8, 4) is 0 Å². The van der Waals surface area contributed by atoms with E-state index in [9.17, 15) is 9.59 Å². The fourth-order valence-electron chi connectivity index (χ4n) is 3.17. The van der Waals surface area contributed by atoms with Gasteiger partial charge in [-0.25, -0.2) is 4.98 Å². The number of rotatable bonds is 2. The molecule has 3 rings (SSSR count). The predicted molar refractivity (Wildman–Crippen MR) is 92.3 cm³/mol. The van der Waals surface area contributed by atoms with E-state index in [0.29, 0.717) is 36.5 Å². The minimum absolute atomic E-state index is 0.0201. The summed E-state index contributed by atoms with van der Waals surface area (Å²) >= 11 is 0. The summed E-state index contributed by atoms with van der Waals surface area (Å²) in [6.07, 6.45) is 0.0382. The number of aromatic nitrogens is 2. The zero-order valence-corrected chi connectivity index (χ0v) is 14.6. The Balaban J connectivity index is 2.03. The molecule has 1 aliphatic heterocycles. The van der Waals surface area contributed by atoms with Crippen molar-refractivity contribution in [3.63, 3.8) is 0 Å². The highest BCUT2D eigenvalue weighted by molar-refractivity contribution is 5.97. The number of carbonyl (C=O) groups is 1. The van der Waals surface area contributed by atoms with Gasteiger partial charge in [0.2, 0.25) is 0 Å². The molecule has 0 N–H and O–H groups in total. The normalized spacial score (nSPS) is 21.2. The number of hydrogen-bond acceptors (Lipinski definition) is 4. The van der Waals surface area contributed by atoms with E-state index in [1.165, 1.54) is 0 Å². The van der Waals surface area contributed by atoms with Crippen LogP contribution in [0.5, 0.6) is 0 Å². The molecule has 0 aliphatic carbocycles. The van der Waals surface area contributed by atoms with Crippen molar-refractivity contribution in [2.24, 2.45) is 0 Å². The van der Waals surface area contributed by atoms with E-state index >= 15 is 0 Å². The number of fused-ring (bicyclic) bond motifs is 1. The average molecular weight is 329 g/mol. The maximum absolute atomic E-state index is 12.9. The van der Waals surface area contributed by atoms with Crippen molar-refractivity contribution in [2.45, 2.75) is 46.4 Å². The lowest BCUT2D eigenvalue weighted by Gasteiger charge is -2.36. The number of hydrogen-bond donors (Lipinski definition) is 0. The average Bonchev–Trinajstić information content (AvgIpc) is 2.57. The van der Waals surface area contributed by atoms with Crippen molar-refractivity contribution in [2.75, 3.05) is 13.2 Å². The van der Waals surface area contributed by atoms with Gasteiger partial charge < -0.3 is 14.2 Å². The molecule has 0 radical (unpaired) electrons. The summed E-state index contributed by atoms with van der Waals surface area (Å²) < 4.78 is 7.28. The van der Waals surface area contributed by atoms with Gasteiger partial charge in [0.05, 0.1) is 29.8 Å². The number of amides is 1. The third-order valence-electron chi connectivity index (χ3n) is 4.54. The second-order valence-corrected chi connectivity index (χ2v) is 6.40. The molecule has 0 bridgehead atoms. The van der Waals surface area contributed by atoms with Gasteiger partial charge in [-0.1, -0.05) is 0 Å². The number of nitrogens with zero attached hydrogens (tertiary/aromatic N) is 3. The van der Waals surface area contributed by atoms with Crippen LogP contribution >= 0.6 is 0 Å². The third-order valence-corrected chi connectivity index (χ3v) is 4.54. The van der Waals surface area contributed by atoms with Gasteiger partial charge in [0.25, 0.3) is 11.5 Å². The van der Waals surface area contributed by atoms with Crippen LogP contribution in [0.15, 0.2) is 23.0 Å². The molecule has 128 valence electrons. The number of morpholine rings is 1. The maximum atomic E-state index is 12.9. The summed E-state index contributed by atoms with van der Waals surface area (Å²) in [6.45, 7) is 9.29. The van der Waals surface area contributed by atoms with Crippen LogP contribution in [0.1, 0.15) is 36.8 Å². The molecule has 0 saturated carbocycles. The van der Waals surface area contributed by atoms with Crippen LogP contribution in [0.2, 0.25) is 0 Å². The summed E-state index contributed by atoms with van der Waals surface area (Å²) in [5, 5.41) is 0. The third kappa shape index (κ3) is 2.82. The minimum Gasteiger partial charge on any atom is -0.375 e. The van der Waals surface area contributed by atoms with Gasteiger partial charge >= 0.3 is 0 Å². The second kappa shape index (κ2) is 6.36. The highest BCUT2D eigenvalue weighted by Crippen LogP contribution is 2.19. The van der Waals surface area contributed by atoms with Crippen LogP contribution in [-0.2, 0) is 11.3 Å². The van der Waals surface area contributed by atoms with Crippen molar-refractivity contribution >= 4 is 16.9 Å². The monoisotopic (exact) mass is 329 g/mol. The molecule has 2 heterocycles. The van der Waals surface area contributed by atoms with Crippen LogP contribution < -0.4 is 5.56 Å². The zero-order chi connectivity index (χ0) is 17.4. The van der Waals surface area contributed by atoms with Gasteiger partial charge in [-0.3, -0.25) is 9.59 Å². The zero-order valence-electron chi connectivity index (χ0n) is 14.6. The first kappa shape index (κ1) is 16.6. The number of aryl methyl sites for hydroxylation is 2. The highest BCUT2D eigenvalue weighted by Gasteiger charge is 2.28. The first-order valence-corrected chi connectivity index (χ1v) is 8.36. The Labute approximate surface area is 141 Å². The van der Waals surface area contributed by atoms with Gasteiger partial charge in [0.15, 0.2) is 0 Å². The van der Waals surface area contributed by atoms with Gasteiger partial charge in [0.1, 0.15) is 5.69 Å². The highest BCUT2D eigenvalue weighted by atomic mass is 16.5. The molecule has 1 saturated heterocycles. The van der Waals surface area contributed by atoms with E-state index in [1.54, 1.807) is 23.6 Å². The second-order valence-electron chi connectivity index (χ2n) is 6.40. The van der Waals surface area contributed by atoms with Crippen molar-refractivity contribution in [1.29, 1.82) is 0 Å². The smallest absolute Gasteiger partial charge is 0.272 e. The SMILES string of the molecule is CCn1c(=O)c(C)nc2cc(C(=O)N3CC(C)OCC3C)ccc21. The van der Waals surface area contributed by atoms with E-state index in [-0.39, 0.29) is 23.6 Å². The summed E-state index contributed by atoms with van der Waals surface area (Å²) in [4.78, 5) is 31.3. The molecule has 2 atom stereocenters. The van der Waals surface area contributed by atoms with Crippen LogP contribution in [0, 0.1) is 6.92 Å². The fourth-order valence-corrected chi connectivity index (χ4v) is 3.17. The summed E-state index contributed by atoms with van der Waals surface area (Å²) in [7, 11) is 0. The van der Waals surface area contributed by atoms with E-state index in [2.05, 4.69) is 4.98 Å². The minimum atomic E-state index is -0.0836. The molecule has 1 aromatic carbocycles. The predicted octanol–water partition coefficient (Wildman–Crippen LogP) is 1.97. The maximum Gasteiger partial charge on any atom is 0.272 e. The number of ether oxygens (including phenoxy) is 1. The van der Waals surface area contributed by atoms with E-state index in [0.717, 1.165) is 5.52 Å². The molecule has 6 heteroatoms. The standard InChI is InChI=1S/C18H23N3O3/c1-5-20-16-7-6-14(8-15(16)19-13(4)17(20)22)18(23)21-9-12(3)24-10-11(21)2/h6-8,11-12H,5,9-10H2,1-4H3. The Bertz CT molecular complexity index is 843. The molecule has 1 aliphatic rings.